The molecule has 2 amide bonds. The van der Waals surface area contributed by atoms with Crippen LogP contribution in [-0.2, 0) is 23.2 Å². The molecular weight excluding hydrogens is 420 g/mol. The third-order valence-corrected chi connectivity index (χ3v) is 5.63. The van der Waals surface area contributed by atoms with E-state index in [0.29, 0.717) is 23.6 Å². The fourth-order valence-corrected chi connectivity index (χ4v) is 3.81. The summed E-state index contributed by atoms with van der Waals surface area (Å²) in [5.41, 5.74) is 0.709. The molecule has 0 saturated heterocycles. The van der Waals surface area contributed by atoms with E-state index in [0.717, 1.165) is 0 Å². The van der Waals surface area contributed by atoms with Crippen molar-refractivity contribution in [2.75, 3.05) is 13.7 Å². The van der Waals surface area contributed by atoms with E-state index in [1.165, 1.54) is 19.2 Å². The molecule has 0 saturated carbocycles. The van der Waals surface area contributed by atoms with Gasteiger partial charge in [-0.25, -0.2) is 4.79 Å². The molecule has 0 radical (unpaired) electrons. The van der Waals surface area contributed by atoms with E-state index < -0.39 is 10.1 Å². The van der Waals surface area contributed by atoms with Crippen molar-refractivity contribution in [3.8, 4) is 11.5 Å². The molecule has 0 bridgehead atoms. The Labute approximate surface area is 181 Å². The molecule has 1 N–H and O–H groups in total. The van der Waals surface area contributed by atoms with Crippen molar-refractivity contribution in [3.05, 3.63) is 78.3 Å². The van der Waals surface area contributed by atoms with E-state index in [2.05, 4.69) is 5.32 Å². The van der Waals surface area contributed by atoms with Gasteiger partial charge < -0.3 is 23.6 Å². The maximum Gasteiger partial charge on any atom is 0.339 e. The summed E-state index contributed by atoms with van der Waals surface area (Å²) in [5.74, 6) is 1.34. The van der Waals surface area contributed by atoms with Crippen LogP contribution in [0.2, 0.25) is 0 Å². The monoisotopic (exact) mass is 444 g/mol. The van der Waals surface area contributed by atoms with Gasteiger partial charge in [-0.15, -0.1) is 0 Å². The quantitative estimate of drug-likeness (QED) is 0.504. The number of carbonyl (C=O) groups is 1. The van der Waals surface area contributed by atoms with Gasteiger partial charge >= 0.3 is 16.1 Å². The average molecular weight is 445 g/mol. The van der Waals surface area contributed by atoms with E-state index >= 15 is 0 Å². The number of nitrogens with one attached hydrogen (secondary N) is 1. The maximum atomic E-state index is 12.6. The second-order valence-corrected chi connectivity index (χ2v) is 8.18. The van der Waals surface area contributed by atoms with E-state index in [4.69, 9.17) is 13.3 Å². The molecule has 0 aliphatic rings. The van der Waals surface area contributed by atoms with Gasteiger partial charge in [0.2, 0.25) is 0 Å². The highest BCUT2D eigenvalue weighted by Crippen LogP contribution is 2.22. The van der Waals surface area contributed by atoms with Crippen molar-refractivity contribution >= 4 is 16.1 Å². The van der Waals surface area contributed by atoms with E-state index in [1.54, 1.807) is 59.7 Å². The first kappa shape index (κ1) is 22.2. The predicted octanol–water partition coefficient (Wildman–Crippen LogP) is 3.79. The third kappa shape index (κ3) is 6.02. The molecule has 0 unspecified atom stereocenters. The Kier molecular flexibility index (Phi) is 7.19. The van der Waals surface area contributed by atoms with Crippen molar-refractivity contribution in [2.45, 2.75) is 24.9 Å². The molecule has 0 fully saturated rings. The van der Waals surface area contributed by atoms with Gasteiger partial charge in [0.15, 0.2) is 0 Å². The molecule has 0 spiro atoms. The number of benzene rings is 2. The first-order valence-electron chi connectivity index (χ1n) is 9.64. The van der Waals surface area contributed by atoms with E-state index in [1.807, 2.05) is 6.92 Å². The molecular formula is C22H24N2O6S. The predicted molar refractivity (Wildman–Crippen MR) is 114 cm³/mol. The molecule has 0 atom stereocenters. The molecule has 0 aliphatic carbocycles. The molecule has 164 valence electrons. The molecule has 31 heavy (non-hydrogen) atoms. The van der Waals surface area contributed by atoms with Crippen molar-refractivity contribution in [3.63, 3.8) is 0 Å². The Morgan fingerprint density at radius 1 is 1.03 bits per heavy atom. The molecule has 9 heteroatoms. The molecule has 1 heterocycles. The number of amides is 2. The lowest BCUT2D eigenvalue weighted by molar-refractivity contribution is 0.188. The van der Waals surface area contributed by atoms with Crippen LogP contribution in [0.4, 0.5) is 4.79 Å². The molecule has 8 nitrogen and oxygen atoms in total. The van der Waals surface area contributed by atoms with Crippen molar-refractivity contribution in [2.24, 2.45) is 0 Å². The smallest absolute Gasteiger partial charge is 0.339 e. The third-order valence-electron chi connectivity index (χ3n) is 4.37. The summed E-state index contributed by atoms with van der Waals surface area (Å²) in [6.07, 6.45) is 1.55. The van der Waals surface area contributed by atoms with Crippen LogP contribution in [0.1, 0.15) is 18.2 Å². The summed E-state index contributed by atoms with van der Waals surface area (Å²) in [7, 11) is -2.51. The fraction of sp³-hybridized carbons (Fsp3) is 0.227. The first-order valence-corrected chi connectivity index (χ1v) is 11.0. The van der Waals surface area contributed by atoms with Crippen LogP contribution >= 0.6 is 0 Å². The van der Waals surface area contributed by atoms with Gasteiger partial charge in [-0.2, -0.15) is 8.42 Å². The lowest BCUT2D eigenvalue weighted by atomic mass is 10.2. The second kappa shape index (κ2) is 10.0. The van der Waals surface area contributed by atoms with E-state index in [9.17, 15) is 13.2 Å². The minimum absolute atomic E-state index is 0.0143. The number of rotatable bonds is 9. The number of urea groups is 1. The summed E-state index contributed by atoms with van der Waals surface area (Å²) in [4.78, 5) is 14.0. The largest absolute Gasteiger partial charge is 0.497 e. The van der Waals surface area contributed by atoms with Crippen molar-refractivity contribution in [1.82, 2.24) is 10.2 Å². The van der Waals surface area contributed by atoms with Crippen LogP contribution in [0, 0.1) is 0 Å². The summed E-state index contributed by atoms with van der Waals surface area (Å²) < 4.78 is 40.9. The average Bonchev–Trinajstić information content (AvgIpc) is 3.27. The summed E-state index contributed by atoms with van der Waals surface area (Å²) >= 11 is 0. The lowest BCUT2D eigenvalue weighted by Crippen LogP contribution is -2.38. The van der Waals surface area contributed by atoms with Gasteiger partial charge in [-0.3, -0.25) is 0 Å². The SMILES string of the molecule is CCNC(=O)N(Cc1cccc(OS(=O)(=O)c2ccc(OC)cc2)c1)Cc1ccco1. The zero-order chi connectivity index (χ0) is 22.3. The topological polar surface area (TPSA) is 98.1 Å². The lowest BCUT2D eigenvalue weighted by Gasteiger charge is -2.22. The standard InChI is InChI=1S/C22H24N2O6S/c1-3-23-22(25)24(16-20-8-5-13-29-20)15-17-6-4-7-19(14-17)30-31(26,27)21-11-9-18(28-2)10-12-21/h4-14H,3,15-16H2,1-2H3,(H,23,25). The molecule has 1 aromatic heterocycles. The highest BCUT2D eigenvalue weighted by atomic mass is 32.2. The van der Waals surface area contributed by atoms with Gasteiger partial charge in [0.1, 0.15) is 22.2 Å². The number of carbonyl (C=O) groups excluding carboxylic acids is 1. The number of hydrogen-bond donors (Lipinski definition) is 1. The highest BCUT2D eigenvalue weighted by Gasteiger charge is 2.19. The van der Waals surface area contributed by atoms with Gasteiger partial charge in [0.05, 0.1) is 19.9 Å². The summed E-state index contributed by atoms with van der Waals surface area (Å²) in [6.45, 7) is 2.83. The minimum atomic E-state index is -4.01. The summed E-state index contributed by atoms with van der Waals surface area (Å²) in [5, 5.41) is 2.77. The van der Waals surface area contributed by atoms with Crippen molar-refractivity contribution in [1.29, 1.82) is 0 Å². The molecule has 3 rings (SSSR count). The Balaban J connectivity index is 1.76. The normalized spacial score (nSPS) is 11.0. The van der Waals surface area contributed by atoms with Crippen LogP contribution < -0.4 is 14.2 Å². The van der Waals surface area contributed by atoms with Crippen LogP contribution in [0.5, 0.6) is 11.5 Å². The Morgan fingerprint density at radius 3 is 2.45 bits per heavy atom. The number of hydrogen-bond acceptors (Lipinski definition) is 6. The number of ether oxygens (including phenoxy) is 1. The van der Waals surface area contributed by atoms with Gasteiger partial charge in [-0.1, -0.05) is 12.1 Å². The zero-order valence-electron chi connectivity index (χ0n) is 17.3. The van der Waals surface area contributed by atoms with Crippen LogP contribution in [-0.4, -0.2) is 33.0 Å². The molecule has 3 aromatic rings. The Hall–Kier alpha value is -3.46. The fourth-order valence-electron chi connectivity index (χ4n) is 2.89. The number of methoxy groups -OCH3 is 1. The zero-order valence-corrected chi connectivity index (χ0v) is 18.1. The number of furan rings is 1. The van der Waals surface area contributed by atoms with E-state index in [-0.39, 0.29) is 29.8 Å². The molecule has 2 aromatic carbocycles. The minimum Gasteiger partial charge on any atom is -0.497 e. The van der Waals surface area contributed by atoms with Crippen molar-refractivity contribution < 1.29 is 26.5 Å². The van der Waals surface area contributed by atoms with Gasteiger partial charge in [-0.05, 0) is 61.0 Å². The second-order valence-electron chi connectivity index (χ2n) is 6.63. The van der Waals surface area contributed by atoms with Crippen LogP contribution in [0.25, 0.3) is 0 Å². The summed E-state index contributed by atoms with van der Waals surface area (Å²) in [6, 6.07) is 15.8. The molecule has 0 aliphatic heterocycles. The highest BCUT2D eigenvalue weighted by molar-refractivity contribution is 7.87. The van der Waals surface area contributed by atoms with Gasteiger partial charge in [0, 0.05) is 13.1 Å². The van der Waals surface area contributed by atoms with Crippen LogP contribution in [0.3, 0.4) is 0 Å². The Bertz CT molecular complexity index is 1100. The Morgan fingerprint density at radius 2 is 1.81 bits per heavy atom. The van der Waals surface area contributed by atoms with Crippen LogP contribution in [0.15, 0.2) is 76.2 Å². The van der Waals surface area contributed by atoms with Gasteiger partial charge in [0.25, 0.3) is 0 Å². The maximum absolute atomic E-state index is 12.6. The first-order chi connectivity index (χ1) is 14.9. The number of nitrogens with zero attached hydrogens (tertiary/aromatic N) is 1.